The van der Waals surface area contributed by atoms with Crippen molar-refractivity contribution in [3.8, 4) is 0 Å². The normalized spacial score (nSPS) is 33.4. The van der Waals surface area contributed by atoms with Crippen molar-refractivity contribution >= 4 is 23.3 Å². The number of likely N-dealkylation sites (tertiary alicyclic amines) is 1. The van der Waals surface area contributed by atoms with Crippen molar-refractivity contribution < 1.29 is 14.7 Å². The van der Waals surface area contributed by atoms with E-state index >= 15 is 0 Å². The molecule has 1 aromatic rings. The van der Waals surface area contributed by atoms with Crippen LogP contribution < -0.4 is 5.32 Å². The first kappa shape index (κ1) is 20.2. The van der Waals surface area contributed by atoms with Crippen molar-refractivity contribution in [2.24, 2.45) is 5.41 Å². The van der Waals surface area contributed by atoms with Crippen LogP contribution in [0.1, 0.15) is 75.2 Å². The average molecular weight is 395 g/mol. The summed E-state index contributed by atoms with van der Waals surface area (Å²) in [6.45, 7) is 7.85. The van der Waals surface area contributed by atoms with Crippen LogP contribution in [0.5, 0.6) is 0 Å². The molecule has 1 aliphatic heterocycles. The van der Waals surface area contributed by atoms with E-state index in [1.807, 2.05) is 18.7 Å². The quantitative estimate of drug-likeness (QED) is 0.816. The van der Waals surface area contributed by atoms with Gasteiger partial charge < -0.3 is 15.3 Å². The van der Waals surface area contributed by atoms with E-state index in [0.29, 0.717) is 24.3 Å². The Labute approximate surface area is 164 Å². The molecule has 2 amide bonds. The maximum absolute atomic E-state index is 13.5. The van der Waals surface area contributed by atoms with E-state index < -0.39 is 11.0 Å². The maximum atomic E-state index is 13.5. The van der Waals surface area contributed by atoms with Crippen LogP contribution in [0.15, 0.2) is 0 Å². The number of hydrogen-bond donors (Lipinski definition) is 2. The monoisotopic (exact) mass is 394 g/mol. The van der Waals surface area contributed by atoms with Crippen LogP contribution in [-0.4, -0.2) is 55.6 Å². The molecule has 0 radical (unpaired) electrons. The molecular weight excluding hydrogens is 364 g/mol. The number of fused-ring (bicyclic) bond motifs is 1. The molecule has 1 aliphatic carbocycles. The molecule has 2 aliphatic rings. The highest BCUT2D eigenvalue weighted by molar-refractivity contribution is 7.08. The Bertz CT molecular complexity index is 720. The molecule has 8 heteroatoms. The summed E-state index contributed by atoms with van der Waals surface area (Å²) in [6.07, 6.45) is 4.86. The molecule has 3 rings (SSSR count). The minimum Gasteiger partial charge on any atom is -0.390 e. The van der Waals surface area contributed by atoms with E-state index in [2.05, 4.69) is 21.8 Å². The molecule has 7 nitrogen and oxygen atoms in total. The van der Waals surface area contributed by atoms with E-state index in [0.717, 1.165) is 42.9 Å². The smallest absolute Gasteiger partial charge is 0.268 e. The Kier molecular flexibility index (Phi) is 5.59. The summed E-state index contributed by atoms with van der Waals surface area (Å²) < 4.78 is 3.98. The minimum atomic E-state index is -0.850. The summed E-state index contributed by atoms with van der Waals surface area (Å²) in [7, 11) is 0. The summed E-state index contributed by atoms with van der Waals surface area (Å²) in [5.41, 5.74) is -0.540. The van der Waals surface area contributed by atoms with E-state index in [9.17, 15) is 14.7 Å². The fourth-order valence-corrected chi connectivity index (χ4v) is 5.57. The number of carbonyl (C=O) groups is 2. The van der Waals surface area contributed by atoms with Gasteiger partial charge in [-0.15, -0.1) is 5.10 Å². The van der Waals surface area contributed by atoms with Crippen molar-refractivity contribution in [2.45, 2.75) is 83.9 Å². The molecule has 4 atom stereocenters. The van der Waals surface area contributed by atoms with E-state index in [1.165, 1.54) is 6.92 Å². The molecule has 2 fully saturated rings. The number of rotatable bonds is 4. The zero-order valence-corrected chi connectivity index (χ0v) is 17.4. The highest BCUT2D eigenvalue weighted by Crippen LogP contribution is 2.53. The molecule has 0 unspecified atom stereocenters. The molecule has 27 heavy (non-hydrogen) atoms. The van der Waals surface area contributed by atoms with Gasteiger partial charge in [0.05, 0.1) is 17.3 Å². The van der Waals surface area contributed by atoms with E-state index in [1.54, 1.807) is 0 Å². The third-order valence-electron chi connectivity index (χ3n) is 6.65. The van der Waals surface area contributed by atoms with Gasteiger partial charge in [-0.3, -0.25) is 9.59 Å². The number of carbonyl (C=O) groups excluding carboxylic acids is 2. The van der Waals surface area contributed by atoms with Gasteiger partial charge in [-0.2, -0.15) is 0 Å². The zero-order chi connectivity index (χ0) is 19.8. The second-order valence-corrected chi connectivity index (χ2v) is 9.12. The predicted octanol–water partition coefficient (Wildman–Crippen LogP) is 2.15. The molecule has 1 saturated carbocycles. The second-order valence-electron chi connectivity index (χ2n) is 8.36. The molecular formula is C19H30N4O3S. The molecule has 0 aromatic carbocycles. The third kappa shape index (κ3) is 3.49. The maximum Gasteiger partial charge on any atom is 0.268 e. The van der Waals surface area contributed by atoms with Crippen molar-refractivity contribution in [2.75, 3.05) is 6.54 Å². The predicted molar refractivity (Wildman–Crippen MR) is 104 cm³/mol. The zero-order valence-electron chi connectivity index (χ0n) is 16.6. The van der Waals surface area contributed by atoms with E-state index in [4.69, 9.17) is 0 Å². The van der Waals surface area contributed by atoms with E-state index in [-0.39, 0.29) is 23.9 Å². The van der Waals surface area contributed by atoms with Gasteiger partial charge in [0, 0.05) is 24.9 Å². The van der Waals surface area contributed by atoms with Gasteiger partial charge in [0.25, 0.3) is 5.91 Å². The number of aryl methyl sites for hydroxylation is 1. The lowest BCUT2D eigenvalue weighted by Gasteiger charge is -2.43. The van der Waals surface area contributed by atoms with Crippen LogP contribution in [0, 0.1) is 5.41 Å². The van der Waals surface area contributed by atoms with Gasteiger partial charge in [0.1, 0.15) is 4.88 Å². The summed E-state index contributed by atoms with van der Waals surface area (Å²) >= 11 is 1.14. The number of nitrogens with zero attached hydrogens (tertiary/aromatic N) is 3. The Hall–Kier alpha value is -1.54. The van der Waals surface area contributed by atoms with Gasteiger partial charge in [-0.05, 0) is 44.1 Å². The molecule has 150 valence electrons. The van der Waals surface area contributed by atoms with Crippen LogP contribution in [0.2, 0.25) is 0 Å². The highest BCUT2D eigenvalue weighted by atomic mass is 32.1. The molecule has 1 aromatic heterocycles. The number of hydrogen-bond acceptors (Lipinski definition) is 6. The molecule has 1 saturated heterocycles. The number of nitrogens with one attached hydrogen (secondary N) is 1. The average Bonchev–Trinajstić information content (AvgIpc) is 3.17. The molecule has 2 heterocycles. The number of aliphatic hydroxyl groups is 1. The second kappa shape index (κ2) is 7.47. The topological polar surface area (TPSA) is 95.4 Å². The van der Waals surface area contributed by atoms with Crippen molar-refractivity contribution in [1.82, 2.24) is 19.8 Å². The number of amides is 2. The summed E-state index contributed by atoms with van der Waals surface area (Å²) in [6, 6.07) is -0.208. The Morgan fingerprint density at radius 2 is 2.11 bits per heavy atom. The Balaban J connectivity index is 2.00. The fourth-order valence-electron chi connectivity index (χ4n) is 4.87. The van der Waals surface area contributed by atoms with Crippen LogP contribution in [-0.2, 0) is 11.2 Å². The first-order chi connectivity index (χ1) is 12.7. The largest absolute Gasteiger partial charge is 0.390 e. The van der Waals surface area contributed by atoms with Gasteiger partial charge in [-0.25, -0.2) is 0 Å². The van der Waals surface area contributed by atoms with Crippen molar-refractivity contribution in [3.05, 3.63) is 10.6 Å². The van der Waals surface area contributed by atoms with Crippen molar-refractivity contribution in [1.29, 1.82) is 0 Å². The van der Waals surface area contributed by atoms with Crippen LogP contribution >= 0.6 is 11.5 Å². The van der Waals surface area contributed by atoms with Crippen LogP contribution in [0.25, 0.3) is 0 Å². The van der Waals surface area contributed by atoms with Crippen molar-refractivity contribution in [3.63, 3.8) is 0 Å². The molecule has 0 spiro atoms. The SMILES string of the molecule is CCc1nnsc1C(=O)N1[C@@H](CNC(C)=O)C[C@]2(C)[C@H]1CCCC[C@]2(C)O. The third-order valence-corrected chi connectivity index (χ3v) is 7.41. The van der Waals surface area contributed by atoms with Crippen LogP contribution in [0.3, 0.4) is 0 Å². The first-order valence-electron chi connectivity index (χ1n) is 9.82. The first-order valence-corrected chi connectivity index (χ1v) is 10.6. The standard InChI is InChI=1S/C19H30N4O3S/c1-5-14-16(27-22-21-14)17(25)23-13(11-20-12(2)24)10-18(3)15(23)8-6-7-9-19(18,4)26/h13,15,26H,5-11H2,1-4H3,(H,20,24)/t13-,15-,18-,19+/m1/s1. The molecule has 2 N–H and O–H groups in total. The highest BCUT2D eigenvalue weighted by Gasteiger charge is 2.59. The Morgan fingerprint density at radius 1 is 1.37 bits per heavy atom. The fraction of sp³-hybridized carbons (Fsp3) is 0.789. The Morgan fingerprint density at radius 3 is 2.78 bits per heavy atom. The lowest BCUT2D eigenvalue weighted by atomic mass is 9.67. The van der Waals surface area contributed by atoms with Gasteiger partial charge in [-0.1, -0.05) is 31.2 Å². The lowest BCUT2D eigenvalue weighted by Crippen LogP contribution is -2.52. The summed E-state index contributed by atoms with van der Waals surface area (Å²) in [5.74, 6) is -0.177. The lowest BCUT2D eigenvalue weighted by molar-refractivity contribution is -0.119. The van der Waals surface area contributed by atoms with Gasteiger partial charge in [0.15, 0.2) is 0 Å². The minimum absolute atomic E-state index is 0.0620. The van der Waals surface area contributed by atoms with Crippen LogP contribution in [0.4, 0.5) is 0 Å². The summed E-state index contributed by atoms with van der Waals surface area (Å²) in [4.78, 5) is 27.5. The molecule has 0 bridgehead atoms. The van der Waals surface area contributed by atoms with Gasteiger partial charge in [0.2, 0.25) is 5.91 Å². The summed E-state index contributed by atoms with van der Waals surface area (Å²) in [5, 5.41) is 18.2. The van der Waals surface area contributed by atoms with Gasteiger partial charge >= 0.3 is 0 Å². The number of aromatic nitrogens is 2.